The van der Waals surface area contributed by atoms with Crippen LogP contribution in [0.3, 0.4) is 0 Å². The summed E-state index contributed by atoms with van der Waals surface area (Å²) in [5, 5.41) is 10.5. The number of benzene rings is 3. The van der Waals surface area contributed by atoms with E-state index >= 15 is 0 Å². The number of amides is 6. The van der Waals surface area contributed by atoms with Crippen LogP contribution in [0.15, 0.2) is 66.0 Å². The highest BCUT2D eigenvalue weighted by molar-refractivity contribution is 7.90. The van der Waals surface area contributed by atoms with Crippen molar-refractivity contribution in [1.82, 2.24) is 20.4 Å². The van der Waals surface area contributed by atoms with E-state index in [1.54, 1.807) is 42.2 Å². The van der Waals surface area contributed by atoms with Crippen molar-refractivity contribution in [3.05, 3.63) is 104 Å². The molecule has 1 aromatic heterocycles. The maximum atomic E-state index is 14.0. The monoisotopic (exact) mass is 969 g/mol. The molecular weight excluding hydrogens is 911 g/mol. The SMILES string of the molecule is CCOc1cc(C(CS(C)(=O)=O)N2C(=O)c3cccc(NC(=O)CCCCCCCCCCNCc4ccc(OCc5scc6c5CN(C5CCC(=O)NC5=O)C6=O)cc4)c3C2=O)ccc1OC. The van der Waals surface area contributed by atoms with Gasteiger partial charge < -0.3 is 29.7 Å². The van der Waals surface area contributed by atoms with Crippen molar-refractivity contribution in [3.63, 3.8) is 0 Å². The van der Waals surface area contributed by atoms with Crippen LogP contribution in [-0.2, 0) is 43.9 Å². The van der Waals surface area contributed by atoms with Crippen molar-refractivity contribution in [2.45, 2.75) is 109 Å². The normalized spacial score (nSPS) is 16.2. The number of hydrogen-bond donors (Lipinski definition) is 3. The number of nitrogens with one attached hydrogen (secondary N) is 3. The van der Waals surface area contributed by atoms with Gasteiger partial charge in [-0.15, -0.1) is 11.3 Å². The minimum absolute atomic E-state index is 0.0398. The summed E-state index contributed by atoms with van der Waals surface area (Å²) >= 11 is 1.48. The first-order valence-corrected chi connectivity index (χ1v) is 26.2. The maximum absolute atomic E-state index is 14.0. The summed E-state index contributed by atoms with van der Waals surface area (Å²) in [7, 11) is -2.19. The zero-order valence-electron chi connectivity index (χ0n) is 38.7. The Bertz CT molecular complexity index is 2630. The summed E-state index contributed by atoms with van der Waals surface area (Å²) in [6, 6.07) is 15.6. The van der Waals surface area contributed by atoms with E-state index in [1.807, 2.05) is 29.6 Å². The molecule has 0 bridgehead atoms. The summed E-state index contributed by atoms with van der Waals surface area (Å²) in [6.45, 7) is 4.42. The second-order valence-corrected chi connectivity index (χ2v) is 20.5. The molecule has 2 unspecified atom stereocenters. The van der Waals surface area contributed by atoms with E-state index < -0.39 is 45.4 Å². The summed E-state index contributed by atoms with van der Waals surface area (Å²) in [5.74, 6) is -1.50. The van der Waals surface area contributed by atoms with Crippen molar-refractivity contribution >= 4 is 62.3 Å². The highest BCUT2D eigenvalue weighted by Gasteiger charge is 2.44. The van der Waals surface area contributed by atoms with E-state index in [-0.39, 0.29) is 47.4 Å². The first kappa shape index (κ1) is 49.8. The number of methoxy groups -OCH3 is 1. The Kier molecular flexibility index (Phi) is 16.7. The van der Waals surface area contributed by atoms with Crippen LogP contribution in [0.2, 0.25) is 0 Å². The van der Waals surface area contributed by atoms with Crippen LogP contribution >= 0.6 is 11.3 Å². The predicted molar refractivity (Wildman–Crippen MR) is 257 cm³/mol. The molecule has 7 rings (SSSR count). The van der Waals surface area contributed by atoms with Gasteiger partial charge in [-0.1, -0.05) is 62.8 Å². The Labute approximate surface area is 401 Å². The standard InChI is InChI=1S/C50H59N5O11S2/c1-4-65-42-26-33(19-23-41(42)64-2)40(31-68(3,62)63)55-49(60)35-14-13-15-38(46(35)50(55)61)52-44(56)16-11-9-7-5-6-8-10-12-25-51-27-32-17-20-34(21-18-32)66-29-43-36-28-54(48(59)37(36)30-67-43)39-22-24-45(57)53-47(39)58/h13-15,17-21,23,26,30,39-40,51H,4-12,16,22,24-25,27-29,31H2,1-3H3,(H,52,56)(H,53,57,58). The highest BCUT2D eigenvalue weighted by atomic mass is 32.2. The number of carbonyl (C=O) groups excluding carboxylic acids is 6. The Morgan fingerprint density at radius 1 is 0.868 bits per heavy atom. The maximum Gasteiger partial charge on any atom is 0.264 e. The number of unbranched alkanes of at least 4 members (excludes halogenated alkanes) is 7. The smallest absolute Gasteiger partial charge is 0.264 e. The lowest BCUT2D eigenvalue weighted by Gasteiger charge is -2.29. The van der Waals surface area contributed by atoms with Gasteiger partial charge in [0.2, 0.25) is 17.7 Å². The molecule has 0 aliphatic carbocycles. The lowest BCUT2D eigenvalue weighted by Crippen LogP contribution is -2.52. The quantitative estimate of drug-likeness (QED) is 0.0449. The van der Waals surface area contributed by atoms with Gasteiger partial charge in [0.05, 0.1) is 47.9 Å². The van der Waals surface area contributed by atoms with Crippen LogP contribution in [0.5, 0.6) is 17.2 Å². The number of piperidine rings is 1. The number of sulfone groups is 1. The average molecular weight is 970 g/mol. The lowest BCUT2D eigenvalue weighted by molar-refractivity contribution is -0.137. The van der Waals surface area contributed by atoms with E-state index in [0.29, 0.717) is 55.2 Å². The topological polar surface area (TPSA) is 207 Å². The molecule has 16 nitrogen and oxygen atoms in total. The van der Waals surface area contributed by atoms with Crippen molar-refractivity contribution in [2.75, 3.05) is 37.6 Å². The molecule has 18 heteroatoms. The second kappa shape index (κ2) is 22.8. The fraction of sp³-hybridized carbons (Fsp3) is 0.440. The molecule has 1 saturated heterocycles. The van der Waals surface area contributed by atoms with Crippen LogP contribution in [0.1, 0.15) is 136 Å². The molecule has 3 aromatic carbocycles. The molecule has 0 saturated carbocycles. The molecule has 6 amide bonds. The molecular formula is C50H59N5O11S2. The number of fused-ring (bicyclic) bond motifs is 2. The molecule has 3 aliphatic heterocycles. The zero-order valence-corrected chi connectivity index (χ0v) is 40.4. The number of rotatable bonds is 25. The van der Waals surface area contributed by atoms with Crippen LogP contribution in [0, 0.1) is 0 Å². The molecule has 3 N–H and O–H groups in total. The molecule has 0 spiro atoms. The lowest BCUT2D eigenvalue weighted by atomic mass is 10.0. The average Bonchev–Trinajstić information content (AvgIpc) is 3.95. The summed E-state index contributed by atoms with van der Waals surface area (Å²) < 4.78 is 42.3. The highest BCUT2D eigenvalue weighted by Crippen LogP contribution is 2.39. The van der Waals surface area contributed by atoms with Crippen molar-refractivity contribution in [1.29, 1.82) is 0 Å². The van der Waals surface area contributed by atoms with Gasteiger partial charge in [-0.2, -0.15) is 0 Å². The van der Waals surface area contributed by atoms with Crippen molar-refractivity contribution in [3.8, 4) is 17.2 Å². The minimum atomic E-state index is -3.67. The van der Waals surface area contributed by atoms with E-state index in [9.17, 15) is 37.2 Å². The minimum Gasteiger partial charge on any atom is -0.493 e. The van der Waals surface area contributed by atoms with Gasteiger partial charge in [0.1, 0.15) is 28.2 Å². The first-order chi connectivity index (χ1) is 32.8. The van der Waals surface area contributed by atoms with E-state index in [4.69, 9.17) is 14.2 Å². The number of hydrogen-bond acceptors (Lipinski definition) is 13. The molecule has 1 fully saturated rings. The van der Waals surface area contributed by atoms with Gasteiger partial charge in [-0.3, -0.25) is 39.0 Å². The van der Waals surface area contributed by atoms with Gasteiger partial charge in [0.15, 0.2) is 11.5 Å². The van der Waals surface area contributed by atoms with E-state index in [0.717, 1.165) is 90.9 Å². The molecule has 0 radical (unpaired) electrons. The van der Waals surface area contributed by atoms with Gasteiger partial charge in [0.25, 0.3) is 17.7 Å². The van der Waals surface area contributed by atoms with E-state index in [2.05, 4.69) is 16.0 Å². The predicted octanol–water partition coefficient (Wildman–Crippen LogP) is 7.12. The van der Waals surface area contributed by atoms with Crippen molar-refractivity contribution < 1.29 is 51.4 Å². The molecule has 2 atom stereocenters. The Morgan fingerprint density at radius 2 is 1.60 bits per heavy atom. The number of carbonyl (C=O) groups is 6. The molecule has 3 aliphatic rings. The number of imide groups is 2. The number of anilines is 1. The molecule has 68 heavy (non-hydrogen) atoms. The molecule has 362 valence electrons. The molecule has 4 aromatic rings. The van der Waals surface area contributed by atoms with Crippen LogP contribution < -0.4 is 30.2 Å². The number of nitrogens with zero attached hydrogens (tertiary/aromatic N) is 2. The van der Waals surface area contributed by atoms with Gasteiger partial charge in [0, 0.05) is 48.0 Å². The van der Waals surface area contributed by atoms with Crippen molar-refractivity contribution in [2.24, 2.45) is 0 Å². The van der Waals surface area contributed by atoms with Crippen LogP contribution in [0.25, 0.3) is 0 Å². The van der Waals surface area contributed by atoms with Gasteiger partial charge in [-0.05, 0) is 80.3 Å². The van der Waals surface area contributed by atoms with E-state index in [1.165, 1.54) is 24.5 Å². The van der Waals surface area contributed by atoms with Crippen LogP contribution in [0.4, 0.5) is 5.69 Å². The fourth-order valence-corrected chi connectivity index (χ4v) is 10.7. The number of thiophene rings is 1. The molecule has 4 heterocycles. The third kappa shape index (κ3) is 12.1. The largest absolute Gasteiger partial charge is 0.493 e. The number of ether oxygens (including phenoxy) is 3. The Balaban J connectivity index is 0.760. The zero-order chi connectivity index (χ0) is 48.4. The third-order valence-electron chi connectivity index (χ3n) is 12.4. The summed E-state index contributed by atoms with van der Waals surface area (Å²) in [4.78, 5) is 81.2. The third-order valence-corrected chi connectivity index (χ3v) is 14.3. The Hall–Kier alpha value is -6.11. The first-order valence-electron chi connectivity index (χ1n) is 23.2. The van der Waals surface area contributed by atoms with Gasteiger partial charge in [-0.25, -0.2) is 8.42 Å². The Morgan fingerprint density at radius 3 is 2.31 bits per heavy atom. The second-order valence-electron chi connectivity index (χ2n) is 17.3. The van der Waals surface area contributed by atoms with Gasteiger partial charge >= 0.3 is 0 Å². The fourth-order valence-electron chi connectivity index (χ4n) is 8.88. The summed E-state index contributed by atoms with van der Waals surface area (Å²) in [5.41, 5.74) is 3.38. The van der Waals surface area contributed by atoms with Crippen LogP contribution in [-0.4, -0.2) is 92.0 Å². The summed E-state index contributed by atoms with van der Waals surface area (Å²) in [6.07, 6.45) is 9.94.